The van der Waals surface area contributed by atoms with Crippen molar-refractivity contribution in [3.63, 3.8) is 0 Å². The number of carbonyl (C=O) groups is 2. The molecule has 0 radical (unpaired) electrons. The number of anilines is 2. The van der Waals surface area contributed by atoms with E-state index in [0.29, 0.717) is 18.8 Å². The number of pyridine rings is 1. The molecule has 1 aliphatic carbocycles. The maximum atomic E-state index is 13.7. The van der Waals surface area contributed by atoms with E-state index in [9.17, 15) is 14.0 Å². The van der Waals surface area contributed by atoms with E-state index in [2.05, 4.69) is 15.2 Å². The van der Waals surface area contributed by atoms with E-state index in [0.717, 1.165) is 31.7 Å². The number of halogens is 1. The summed E-state index contributed by atoms with van der Waals surface area (Å²) in [5.74, 6) is 0.284. The summed E-state index contributed by atoms with van der Waals surface area (Å²) in [6.45, 7) is 2.91. The molecule has 0 unspecified atom stereocenters. The lowest BCUT2D eigenvalue weighted by Crippen LogP contribution is -2.49. The van der Waals surface area contributed by atoms with E-state index in [1.165, 1.54) is 12.1 Å². The molecule has 2 amide bonds. The predicted octanol–water partition coefficient (Wildman–Crippen LogP) is 2.53. The van der Waals surface area contributed by atoms with Gasteiger partial charge in [-0.3, -0.25) is 9.59 Å². The van der Waals surface area contributed by atoms with Gasteiger partial charge in [0.2, 0.25) is 5.91 Å². The van der Waals surface area contributed by atoms with Crippen LogP contribution in [0, 0.1) is 11.7 Å². The first-order valence-corrected chi connectivity index (χ1v) is 9.17. The summed E-state index contributed by atoms with van der Waals surface area (Å²) < 4.78 is 13.7. The number of aromatic nitrogens is 1. The van der Waals surface area contributed by atoms with E-state index in [4.69, 9.17) is 0 Å². The van der Waals surface area contributed by atoms with E-state index < -0.39 is 11.7 Å². The van der Waals surface area contributed by atoms with Gasteiger partial charge in [0.25, 0.3) is 5.91 Å². The minimum absolute atomic E-state index is 0.00183. The van der Waals surface area contributed by atoms with Gasteiger partial charge in [0.15, 0.2) is 0 Å². The lowest BCUT2D eigenvalue weighted by atomic mass is 10.2. The third kappa shape index (κ3) is 3.92. The molecule has 7 heteroatoms. The first kappa shape index (κ1) is 17.5. The largest absolute Gasteiger partial charge is 0.353 e. The zero-order chi connectivity index (χ0) is 18.8. The molecule has 0 spiro atoms. The molecule has 2 heterocycles. The van der Waals surface area contributed by atoms with Gasteiger partial charge >= 0.3 is 0 Å². The normalized spacial score (nSPS) is 16.9. The van der Waals surface area contributed by atoms with Crippen molar-refractivity contribution in [3.05, 3.63) is 54.0 Å². The molecule has 0 atom stereocenters. The second-order valence-electron chi connectivity index (χ2n) is 6.93. The first-order chi connectivity index (χ1) is 13.1. The first-order valence-electron chi connectivity index (χ1n) is 9.17. The Kier molecular flexibility index (Phi) is 4.75. The van der Waals surface area contributed by atoms with Gasteiger partial charge in [0.05, 0.1) is 17.4 Å². The zero-order valence-electron chi connectivity index (χ0n) is 14.9. The van der Waals surface area contributed by atoms with Crippen LogP contribution in [0.2, 0.25) is 0 Å². The second kappa shape index (κ2) is 7.34. The van der Waals surface area contributed by atoms with Gasteiger partial charge in [-0.25, -0.2) is 9.37 Å². The van der Waals surface area contributed by atoms with Crippen molar-refractivity contribution in [2.24, 2.45) is 5.92 Å². The fourth-order valence-corrected chi connectivity index (χ4v) is 3.24. The summed E-state index contributed by atoms with van der Waals surface area (Å²) in [6.07, 6.45) is 3.62. The van der Waals surface area contributed by atoms with Crippen LogP contribution < -0.4 is 10.2 Å². The zero-order valence-corrected chi connectivity index (χ0v) is 14.9. The van der Waals surface area contributed by atoms with Gasteiger partial charge in [-0.2, -0.15) is 0 Å². The summed E-state index contributed by atoms with van der Waals surface area (Å²) in [4.78, 5) is 32.7. The van der Waals surface area contributed by atoms with Crippen LogP contribution in [-0.2, 0) is 4.79 Å². The molecular weight excluding hydrogens is 347 g/mol. The minimum Gasteiger partial charge on any atom is -0.353 e. The van der Waals surface area contributed by atoms with Crippen LogP contribution in [0.1, 0.15) is 23.2 Å². The third-order valence-electron chi connectivity index (χ3n) is 4.97. The molecule has 1 N–H and O–H groups in total. The Balaban J connectivity index is 1.34. The van der Waals surface area contributed by atoms with Crippen molar-refractivity contribution < 1.29 is 14.0 Å². The Morgan fingerprint density at radius 3 is 2.41 bits per heavy atom. The molecule has 2 fully saturated rings. The summed E-state index contributed by atoms with van der Waals surface area (Å²) in [5, 5.41) is 2.66. The van der Waals surface area contributed by atoms with Gasteiger partial charge in [-0.15, -0.1) is 0 Å². The smallest absolute Gasteiger partial charge is 0.258 e. The van der Waals surface area contributed by atoms with Crippen molar-refractivity contribution in [1.29, 1.82) is 0 Å². The molecule has 0 bridgehead atoms. The molecule has 6 nitrogen and oxygen atoms in total. The van der Waals surface area contributed by atoms with Crippen LogP contribution in [0.5, 0.6) is 0 Å². The predicted molar refractivity (Wildman–Crippen MR) is 100 cm³/mol. The molecule has 1 saturated carbocycles. The quantitative estimate of drug-likeness (QED) is 0.901. The lowest BCUT2D eigenvalue weighted by Gasteiger charge is -2.35. The van der Waals surface area contributed by atoms with Crippen LogP contribution in [0.15, 0.2) is 42.6 Å². The van der Waals surface area contributed by atoms with Gasteiger partial charge < -0.3 is 15.1 Å². The van der Waals surface area contributed by atoms with E-state index in [-0.39, 0.29) is 17.4 Å². The number of hydrogen-bond donors (Lipinski definition) is 1. The number of carbonyl (C=O) groups excluding carboxylic acids is 2. The number of hydrogen-bond acceptors (Lipinski definition) is 4. The second-order valence-corrected chi connectivity index (χ2v) is 6.93. The number of piperazine rings is 1. The standard InChI is InChI=1S/C20H21FN4O2/c21-17-4-2-1-3-16(17)19(26)23-15-7-8-18(22-13-15)24-9-11-25(12-10-24)20(27)14-5-6-14/h1-4,7-8,13-14H,5-6,9-12H2,(H,23,26). The van der Waals surface area contributed by atoms with Crippen LogP contribution in [0.4, 0.5) is 15.9 Å². The molecule has 1 aliphatic heterocycles. The maximum Gasteiger partial charge on any atom is 0.258 e. The Hall–Kier alpha value is -2.96. The van der Waals surface area contributed by atoms with Crippen LogP contribution in [-0.4, -0.2) is 47.9 Å². The average molecular weight is 368 g/mol. The highest BCUT2D eigenvalue weighted by Crippen LogP contribution is 2.31. The molecular formula is C20H21FN4O2. The minimum atomic E-state index is -0.557. The highest BCUT2D eigenvalue weighted by Gasteiger charge is 2.34. The van der Waals surface area contributed by atoms with Gasteiger partial charge in [0.1, 0.15) is 11.6 Å². The molecule has 1 aromatic heterocycles. The topological polar surface area (TPSA) is 65.5 Å². The highest BCUT2D eigenvalue weighted by atomic mass is 19.1. The van der Waals surface area contributed by atoms with Crippen LogP contribution in [0.3, 0.4) is 0 Å². The van der Waals surface area contributed by atoms with Gasteiger partial charge in [0, 0.05) is 32.1 Å². The fraction of sp³-hybridized carbons (Fsp3) is 0.350. The molecule has 27 heavy (non-hydrogen) atoms. The van der Waals surface area contributed by atoms with E-state index in [1.807, 2.05) is 11.0 Å². The summed E-state index contributed by atoms with van der Waals surface area (Å²) in [6, 6.07) is 9.43. The molecule has 1 aromatic carbocycles. The fourth-order valence-electron chi connectivity index (χ4n) is 3.24. The Bertz CT molecular complexity index is 843. The van der Waals surface area contributed by atoms with Crippen LogP contribution >= 0.6 is 0 Å². The van der Waals surface area contributed by atoms with E-state index >= 15 is 0 Å². The maximum absolute atomic E-state index is 13.7. The molecule has 4 rings (SSSR count). The molecule has 2 aliphatic rings. The summed E-state index contributed by atoms with van der Waals surface area (Å²) in [5.41, 5.74) is 0.507. The monoisotopic (exact) mass is 368 g/mol. The summed E-state index contributed by atoms with van der Waals surface area (Å²) >= 11 is 0. The highest BCUT2D eigenvalue weighted by molar-refractivity contribution is 6.04. The third-order valence-corrected chi connectivity index (χ3v) is 4.97. The lowest BCUT2D eigenvalue weighted by molar-refractivity contribution is -0.132. The van der Waals surface area contributed by atoms with Crippen molar-refractivity contribution >= 4 is 23.3 Å². The molecule has 140 valence electrons. The molecule has 1 saturated heterocycles. The molecule has 2 aromatic rings. The number of nitrogens with one attached hydrogen (secondary N) is 1. The van der Waals surface area contributed by atoms with Crippen molar-refractivity contribution in [3.8, 4) is 0 Å². The number of benzene rings is 1. The Morgan fingerprint density at radius 2 is 1.78 bits per heavy atom. The van der Waals surface area contributed by atoms with E-state index in [1.54, 1.807) is 24.4 Å². The van der Waals surface area contributed by atoms with Crippen molar-refractivity contribution in [2.75, 3.05) is 36.4 Å². The van der Waals surface area contributed by atoms with Gasteiger partial charge in [-0.1, -0.05) is 12.1 Å². The average Bonchev–Trinajstić information content (AvgIpc) is 3.54. The van der Waals surface area contributed by atoms with Crippen molar-refractivity contribution in [2.45, 2.75) is 12.8 Å². The summed E-state index contributed by atoms with van der Waals surface area (Å²) in [7, 11) is 0. The van der Waals surface area contributed by atoms with Gasteiger partial charge in [-0.05, 0) is 37.1 Å². The van der Waals surface area contributed by atoms with Crippen LogP contribution in [0.25, 0.3) is 0 Å². The SMILES string of the molecule is O=C(Nc1ccc(N2CCN(C(=O)C3CC3)CC2)nc1)c1ccccc1F. The number of nitrogens with zero attached hydrogens (tertiary/aromatic N) is 3. The van der Waals surface area contributed by atoms with Crippen molar-refractivity contribution in [1.82, 2.24) is 9.88 Å². The Morgan fingerprint density at radius 1 is 1.04 bits per heavy atom. The number of amides is 2. The Labute approximate surface area is 157 Å². The number of rotatable bonds is 4.